The van der Waals surface area contributed by atoms with Crippen molar-refractivity contribution in [2.45, 2.75) is 45.6 Å². The Kier molecular flexibility index (Phi) is 4.32. The van der Waals surface area contributed by atoms with Gasteiger partial charge in [0.15, 0.2) is 0 Å². The van der Waals surface area contributed by atoms with Crippen molar-refractivity contribution in [1.29, 1.82) is 0 Å². The summed E-state index contributed by atoms with van der Waals surface area (Å²) in [6.45, 7) is 5.38. The topological polar surface area (TPSA) is 75.4 Å². The highest BCUT2D eigenvalue weighted by Gasteiger charge is 2.51. The van der Waals surface area contributed by atoms with Crippen LogP contribution in [0.3, 0.4) is 0 Å². The minimum Gasteiger partial charge on any atom is -0.392 e. The van der Waals surface area contributed by atoms with Crippen LogP contribution in [0.25, 0.3) is 0 Å². The lowest BCUT2D eigenvalue weighted by Crippen LogP contribution is -2.59. The van der Waals surface area contributed by atoms with E-state index >= 15 is 0 Å². The summed E-state index contributed by atoms with van der Waals surface area (Å²) in [5, 5.41) is 2.80. The molecule has 1 aliphatic carbocycles. The van der Waals surface area contributed by atoms with Gasteiger partial charge in [-0.15, -0.1) is 0 Å². The molecule has 1 heterocycles. The number of hydrogen-bond acceptors (Lipinski definition) is 3. The SMILES string of the molecule is CC1CC(C(=O)NC(C)C(=O)N2CCCC2)(C(N)=S)C1. The second-order valence-electron chi connectivity index (χ2n) is 6.19. The first-order valence-electron chi connectivity index (χ1n) is 7.26. The van der Waals surface area contributed by atoms with E-state index in [1.165, 1.54) is 0 Å². The average Bonchev–Trinajstić information content (AvgIpc) is 2.86. The Hall–Kier alpha value is -1.17. The molecule has 2 aliphatic rings. The second-order valence-corrected chi connectivity index (χ2v) is 6.63. The number of hydrogen-bond donors (Lipinski definition) is 2. The Balaban J connectivity index is 1.96. The number of likely N-dealkylation sites (tertiary alicyclic amines) is 1. The molecule has 1 atom stereocenters. The van der Waals surface area contributed by atoms with Gasteiger partial charge in [-0.25, -0.2) is 0 Å². The number of nitrogens with zero attached hydrogens (tertiary/aromatic N) is 1. The van der Waals surface area contributed by atoms with E-state index in [9.17, 15) is 9.59 Å². The number of amides is 2. The first-order chi connectivity index (χ1) is 9.36. The molecule has 2 rings (SSSR count). The predicted octanol–water partition coefficient (Wildman–Crippen LogP) is 0.816. The molecule has 0 aromatic rings. The van der Waals surface area contributed by atoms with Crippen LogP contribution in [0.4, 0.5) is 0 Å². The van der Waals surface area contributed by atoms with E-state index in [0.29, 0.717) is 18.8 Å². The quantitative estimate of drug-likeness (QED) is 0.753. The molecule has 6 heteroatoms. The zero-order chi connectivity index (χ0) is 14.9. The summed E-state index contributed by atoms with van der Waals surface area (Å²) in [5.41, 5.74) is 5.00. The van der Waals surface area contributed by atoms with Crippen LogP contribution in [0.1, 0.15) is 39.5 Å². The molecule has 0 bridgehead atoms. The second kappa shape index (κ2) is 5.68. The first-order valence-corrected chi connectivity index (χ1v) is 7.67. The van der Waals surface area contributed by atoms with E-state index in [1.807, 2.05) is 4.90 Å². The minimum absolute atomic E-state index is 0.0127. The van der Waals surface area contributed by atoms with Crippen molar-refractivity contribution in [3.8, 4) is 0 Å². The largest absolute Gasteiger partial charge is 0.392 e. The van der Waals surface area contributed by atoms with Gasteiger partial charge in [-0.2, -0.15) is 0 Å². The number of rotatable bonds is 4. The highest BCUT2D eigenvalue weighted by Crippen LogP contribution is 2.46. The first kappa shape index (κ1) is 15.2. The van der Waals surface area contributed by atoms with Gasteiger partial charge >= 0.3 is 0 Å². The molecule has 1 aliphatic heterocycles. The molecular weight excluding hydrogens is 274 g/mol. The van der Waals surface area contributed by atoms with Crippen LogP contribution in [0.2, 0.25) is 0 Å². The molecule has 1 saturated carbocycles. The van der Waals surface area contributed by atoms with Gasteiger partial charge in [-0.05, 0) is 38.5 Å². The van der Waals surface area contributed by atoms with Crippen LogP contribution in [0.15, 0.2) is 0 Å². The molecule has 0 spiro atoms. The van der Waals surface area contributed by atoms with Crippen LogP contribution < -0.4 is 11.1 Å². The van der Waals surface area contributed by atoms with Crippen molar-refractivity contribution in [3.05, 3.63) is 0 Å². The predicted molar refractivity (Wildman–Crippen MR) is 81.0 cm³/mol. The van der Waals surface area contributed by atoms with Crippen molar-refractivity contribution in [1.82, 2.24) is 10.2 Å². The zero-order valence-electron chi connectivity index (χ0n) is 12.1. The van der Waals surface area contributed by atoms with Gasteiger partial charge in [0.2, 0.25) is 11.8 Å². The Labute approximate surface area is 125 Å². The van der Waals surface area contributed by atoms with E-state index < -0.39 is 11.5 Å². The molecule has 1 unspecified atom stereocenters. The molecule has 112 valence electrons. The smallest absolute Gasteiger partial charge is 0.244 e. The van der Waals surface area contributed by atoms with Crippen LogP contribution in [0.5, 0.6) is 0 Å². The summed E-state index contributed by atoms with van der Waals surface area (Å²) in [7, 11) is 0. The normalized spacial score (nSPS) is 30.5. The molecule has 0 radical (unpaired) electrons. The Morgan fingerprint density at radius 2 is 1.90 bits per heavy atom. The lowest BCUT2D eigenvalue weighted by Gasteiger charge is -2.44. The third-order valence-electron chi connectivity index (χ3n) is 4.44. The van der Waals surface area contributed by atoms with E-state index in [4.69, 9.17) is 18.0 Å². The van der Waals surface area contributed by atoms with Crippen molar-refractivity contribution in [2.75, 3.05) is 13.1 Å². The van der Waals surface area contributed by atoms with Gasteiger partial charge in [0.25, 0.3) is 0 Å². The number of carbonyl (C=O) groups excluding carboxylic acids is 2. The summed E-state index contributed by atoms with van der Waals surface area (Å²) >= 11 is 5.06. The van der Waals surface area contributed by atoms with Crippen LogP contribution in [0, 0.1) is 11.3 Å². The maximum Gasteiger partial charge on any atom is 0.244 e. The van der Waals surface area contributed by atoms with Gasteiger partial charge in [-0.3, -0.25) is 9.59 Å². The number of thiocarbonyl (C=S) groups is 1. The highest BCUT2D eigenvalue weighted by molar-refractivity contribution is 7.80. The number of nitrogens with two attached hydrogens (primary N) is 1. The third-order valence-corrected chi connectivity index (χ3v) is 4.83. The molecule has 2 fully saturated rings. The van der Waals surface area contributed by atoms with Crippen molar-refractivity contribution < 1.29 is 9.59 Å². The van der Waals surface area contributed by atoms with Crippen LogP contribution >= 0.6 is 12.2 Å². The zero-order valence-corrected chi connectivity index (χ0v) is 13.0. The molecule has 2 amide bonds. The van der Waals surface area contributed by atoms with Crippen molar-refractivity contribution >= 4 is 29.0 Å². The molecule has 0 aromatic heterocycles. The monoisotopic (exact) mass is 297 g/mol. The van der Waals surface area contributed by atoms with Gasteiger partial charge in [0.1, 0.15) is 6.04 Å². The van der Waals surface area contributed by atoms with Crippen molar-refractivity contribution in [2.24, 2.45) is 17.1 Å². The van der Waals surface area contributed by atoms with E-state index in [-0.39, 0.29) is 16.8 Å². The van der Waals surface area contributed by atoms with Crippen LogP contribution in [-0.4, -0.2) is 40.8 Å². The molecule has 5 nitrogen and oxygen atoms in total. The fraction of sp³-hybridized carbons (Fsp3) is 0.786. The lowest BCUT2D eigenvalue weighted by molar-refractivity contribution is -0.139. The van der Waals surface area contributed by atoms with Gasteiger partial charge in [0.05, 0.1) is 10.4 Å². The Bertz CT molecular complexity index is 426. The standard InChI is InChI=1S/C14H23N3O2S/c1-9-7-14(8-9,12(15)20)13(19)16-10(2)11(18)17-5-3-4-6-17/h9-10H,3-8H2,1-2H3,(H2,15,20)(H,16,19). The third kappa shape index (κ3) is 2.66. The number of nitrogens with one attached hydrogen (secondary N) is 1. The lowest BCUT2D eigenvalue weighted by atomic mass is 9.62. The van der Waals surface area contributed by atoms with Crippen molar-refractivity contribution in [3.63, 3.8) is 0 Å². The fourth-order valence-corrected chi connectivity index (χ4v) is 3.50. The maximum absolute atomic E-state index is 12.4. The van der Waals surface area contributed by atoms with Gasteiger partial charge in [0, 0.05) is 13.1 Å². The summed E-state index contributed by atoms with van der Waals surface area (Å²) in [6.07, 6.45) is 3.44. The minimum atomic E-state index is -0.742. The molecule has 0 aromatic carbocycles. The van der Waals surface area contributed by atoms with Gasteiger partial charge < -0.3 is 16.0 Å². The maximum atomic E-state index is 12.4. The summed E-state index contributed by atoms with van der Waals surface area (Å²) in [6, 6.07) is -0.511. The molecular formula is C14H23N3O2S. The molecule has 3 N–H and O–H groups in total. The highest BCUT2D eigenvalue weighted by atomic mass is 32.1. The average molecular weight is 297 g/mol. The summed E-state index contributed by atoms with van der Waals surface area (Å²) < 4.78 is 0. The summed E-state index contributed by atoms with van der Waals surface area (Å²) in [4.78, 5) is 26.7. The van der Waals surface area contributed by atoms with E-state index in [1.54, 1.807) is 6.92 Å². The van der Waals surface area contributed by atoms with Gasteiger partial charge in [-0.1, -0.05) is 19.1 Å². The molecule has 1 saturated heterocycles. The Morgan fingerprint density at radius 3 is 2.35 bits per heavy atom. The van der Waals surface area contributed by atoms with E-state index in [2.05, 4.69) is 12.2 Å². The fourth-order valence-electron chi connectivity index (χ4n) is 3.24. The summed E-state index contributed by atoms with van der Waals surface area (Å²) in [5.74, 6) is 0.247. The van der Waals surface area contributed by atoms with Crippen LogP contribution in [-0.2, 0) is 9.59 Å². The Morgan fingerprint density at radius 1 is 1.35 bits per heavy atom. The molecule has 20 heavy (non-hydrogen) atoms. The van der Waals surface area contributed by atoms with E-state index in [0.717, 1.165) is 25.9 Å². The number of carbonyl (C=O) groups is 2.